The molecule has 0 saturated carbocycles. The topological polar surface area (TPSA) is 52.6 Å². The molecule has 0 fully saturated rings. The summed E-state index contributed by atoms with van der Waals surface area (Å²) in [6.07, 6.45) is 0. The van der Waals surface area contributed by atoms with Gasteiger partial charge < -0.3 is 15.3 Å². The van der Waals surface area contributed by atoms with Gasteiger partial charge in [-0.2, -0.15) is 0 Å². The lowest BCUT2D eigenvalue weighted by molar-refractivity contribution is -0.127. The second-order valence-electron chi connectivity index (χ2n) is 3.70. The number of carbonyl (C=O) groups is 1. The van der Waals surface area contributed by atoms with Crippen LogP contribution >= 0.6 is 24.2 Å². The Hall–Kier alpha value is -0.910. The zero-order chi connectivity index (χ0) is 12.7. The number of rotatable bonds is 6. The molecular weight excluding hydrogens is 272 g/mol. The first-order chi connectivity index (χ1) is 8.13. The van der Waals surface area contributed by atoms with Crippen LogP contribution in [0.15, 0.2) is 29.2 Å². The average Bonchev–Trinajstić information content (AvgIpc) is 2.34. The van der Waals surface area contributed by atoms with Gasteiger partial charge in [0.05, 0.1) is 5.75 Å². The number of carbonyl (C=O) groups excluding carboxylic acids is 1. The number of nitrogens with zero attached hydrogens (tertiary/aromatic N) is 1. The molecule has 18 heavy (non-hydrogen) atoms. The minimum atomic E-state index is 0. The van der Waals surface area contributed by atoms with E-state index in [0.29, 0.717) is 12.3 Å². The molecule has 6 heteroatoms. The maximum absolute atomic E-state index is 11.7. The predicted octanol–water partition coefficient (Wildman–Crippen LogP) is 1.58. The van der Waals surface area contributed by atoms with Crippen LogP contribution in [0.1, 0.15) is 0 Å². The van der Waals surface area contributed by atoms with Gasteiger partial charge in [-0.1, -0.05) is 0 Å². The van der Waals surface area contributed by atoms with Crippen LogP contribution in [0, 0.1) is 0 Å². The third-order valence-electron chi connectivity index (χ3n) is 2.32. The Morgan fingerprint density at radius 1 is 1.39 bits per heavy atom. The summed E-state index contributed by atoms with van der Waals surface area (Å²) in [6.45, 7) is 1.51. The van der Waals surface area contributed by atoms with Crippen molar-refractivity contribution in [2.45, 2.75) is 4.90 Å². The summed E-state index contributed by atoms with van der Waals surface area (Å²) < 4.78 is 0. The van der Waals surface area contributed by atoms with Gasteiger partial charge in [0.1, 0.15) is 5.75 Å². The number of amides is 1. The number of nitrogens with one attached hydrogen (secondary N) is 1. The number of aromatic hydroxyl groups is 1. The molecule has 0 bridgehead atoms. The molecule has 0 heterocycles. The number of hydrogen-bond acceptors (Lipinski definition) is 4. The third kappa shape index (κ3) is 6.14. The number of phenols is 1. The molecule has 0 aliphatic heterocycles. The van der Waals surface area contributed by atoms with Gasteiger partial charge in [-0.3, -0.25) is 4.79 Å². The van der Waals surface area contributed by atoms with E-state index in [-0.39, 0.29) is 24.1 Å². The standard InChI is InChI=1S/C12H18N2O2S.ClH/c1-13-7-8-14(2)12(16)9-17-11-5-3-10(15)4-6-11;/h3-6,13,15H,7-9H2,1-2H3;1H. The summed E-state index contributed by atoms with van der Waals surface area (Å²) in [5.41, 5.74) is 0. The quantitative estimate of drug-likeness (QED) is 0.781. The Morgan fingerprint density at radius 2 is 2.00 bits per heavy atom. The van der Waals surface area contributed by atoms with E-state index >= 15 is 0 Å². The number of phenolic OH excluding ortho intramolecular Hbond substituents is 1. The van der Waals surface area contributed by atoms with Crippen LogP contribution in [-0.4, -0.2) is 48.9 Å². The van der Waals surface area contributed by atoms with Gasteiger partial charge in [0.15, 0.2) is 0 Å². The Bertz CT molecular complexity index is 360. The van der Waals surface area contributed by atoms with Crippen molar-refractivity contribution in [1.29, 1.82) is 0 Å². The Labute approximate surface area is 118 Å². The molecule has 1 aromatic carbocycles. The second-order valence-corrected chi connectivity index (χ2v) is 4.75. The second kappa shape index (κ2) is 9.08. The third-order valence-corrected chi connectivity index (χ3v) is 3.32. The smallest absolute Gasteiger partial charge is 0.232 e. The van der Waals surface area contributed by atoms with Gasteiger partial charge in [0.2, 0.25) is 5.91 Å². The molecule has 0 aromatic heterocycles. The first-order valence-corrected chi connectivity index (χ1v) is 6.42. The van der Waals surface area contributed by atoms with Crippen molar-refractivity contribution in [1.82, 2.24) is 10.2 Å². The molecule has 0 saturated heterocycles. The van der Waals surface area contributed by atoms with Gasteiger partial charge in [-0.15, -0.1) is 24.2 Å². The zero-order valence-electron chi connectivity index (χ0n) is 10.5. The summed E-state index contributed by atoms with van der Waals surface area (Å²) in [6, 6.07) is 6.86. The molecule has 0 spiro atoms. The van der Waals surface area contributed by atoms with Crippen molar-refractivity contribution in [2.75, 3.05) is 32.9 Å². The molecular formula is C12H19ClN2O2S. The van der Waals surface area contributed by atoms with Crippen LogP contribution in [-0.2, 0) is 4.79 Å². The minimum Gasteiger partial charge on any atom is -0.508 e. The molecule has 4 nitrogen and oxygen atoms in total. The van der Waals surface area contributed by atoms with E-state index in [1.807, 2.05) is 7.05 Å². The summed E-state index contributed by atoms with van der Waals surface area (Å²) in [4.78, 5) is 14.4. The van der Waals surface area contributed by atoms with Crippen LogP contribution in [0.5, 0.6) is 5.75 Å². The van der Waals surface area contributed by atoms with Crippen LogP contribution in [0.25, 0.3) is 0 Å². The van der Waals surface area contributed by atoms with Crippen molar-refractivity contribution < 1.29 is 9.90 Å². The van der Waals surface area contributed by atoms with E-state index < -0.39 is 0 Å². The van der Waals surface area contributed by atoms with E-state index in [1.54, 1.807) is 36.2 Å². The molecule has 0 radical (unpaired) electrons. The van der Waals surface area contributed by atoms with Gasteiger partial charge >= 0.3 is 0 Å². The summed E-state index contributed by atoms with van der Waals surface area (Å²) in [5.74, 6) is 0.774. The Balaban J connectivity index is 0.00000289. The largest absolute Gasteiger partial charge is 0.508 e. The highest BCUT2D eigenvalue weighted by atomic mass is 35.5. The van der Waals surface area contributed by atoms with Crippen LogP contribution in [0.3, 0.4) is 0 Å². The van der Waals surface area contributed by atoms with Crippen LogP contribution in [0.4, 0.5) is 0 Å². The lowest BCUT2D eigenvalue weighted by Crippen LogP contribution is -2.33. The molecule has 102 valence electrons. The SMILES string of the molecule is CNCCN(C)C(=O)CSc1ccc(O)cc1.Cl. The van der Waals surface area contributed by atoms with Crippen molar-refractivity contribution in [3.05, 3.63) is 24.3 Å². The van der Waals surface area contributed by atoms with Gasteiger partial charge in [0, 0.05) is 25.0 Å². The molecule has 1 amide bonds. The monoisotopic (exact) mass is 290 g/mol. The van der Waals surface area contributed by atoms with Gasteiger partial charge in [-0.25, -0.2) is 0 Å². The lowest BCUT2D eigenvalue weighted by Gasteiger charge is -2.16. The molecule has 0 aliphatic rings. The fourth-order valence-electron chi connectivity index (χ4n) is 1.20. The van der Waals surface area contributed by atoms with E-state index in [4.69, 9.17) is 5.11 Å². The summed E-state index contributed by atoms with van der Waals surface area (Å²) >= 11 is 1.48. The molecule has 2 N–H and O–H groups in total. The van der Waals surface area contributed by atoms with Crippen LogP contribution < -0.4 is 5.32 Å². The molecule has 0 atom stereocenters. The van der Waals surface area contributed by atoms with Crippen molar-refractivity contribution >= 4 is 30.1 Å². The van der Waals surface area contributed by atoms with E-state index in [9.17, 15) is 4.79 Å². The van der Waals surface area contributed by atoms with E-state index in [1.165, 1.54) is 11.8 Å². The van der Waals surface area contributed by atoms with E-state index in [2.05, 4.69) is 5.32 Å². The number of halogens is 1. The highest BCUT2D eigenvalue weighted by Gasteiger charge is 2.08. The fraction of sp³-hybridized carbons (Fsp3) is 0.417. The molecule has 1 rings (SSSR count). The van der Waals surface area contributed by atoms with E-state index in [0.717, 1.165) is 11.4 Å². The van der Waals surface area contributed by atoms with Crippen molar-refractivity contribution in [3.63, 3.8) is 0 Å². The highest BCUT2D eigenvalue weighted by Crippen LogP contribution is 2.20. The molecule has 0 aliphatic carbocycles. The molecule has 0 unspecified atom stereocenters. The maximum atomic E-state index is 11.7. The first-order valence-electron chi connectivity index (χ1n) is 5.44. The van der Waals surface area contributed by atoms with Crippen molar-refractivity contribution in [3.8, 4) is 5.75 Å². The lowest BCUT2D eigenvalue weighted by atomic mass is 10.3. The number of thioether (sulfide) groups is 1. The van der Waals surface area contributed by atoms with Gasteiger partial charge in [-0.05, 0) is 31.3 Å². The van der Waals surface area contributed by atoms with Gasteiger partial charge in [0.25, 0.3) is 0 Å². The fourth-order valence-corrected chi connectivity index (χ4v) is 2.04. The Morgan fingerprint density at radius 3 is 2.56 bits per heavy atom. The minimum absolute atomic E-state index is 0. The normalized spacial score (nSPS) is 9.67. The van der Waals surface area contributed by atoms with Crippen molar-refractivity contribution in [2.24, 2.45) is 0 Å². The zero-order valence-corrected chi connectivity index (χ0v) is 12.2. The summed E-state index contributed by atoms with van der Waals surface area (Å²) in [5, 5.41) is 12.1. The maximum Gasteiger partial charge on any atom is 0.232 e. The summed E-state index contributed by atoms with van der Waals surface area (Å²) in [7, 11) is 3.67. The number of benzene rings is 1. The average molecular weight is 291 g/mol. The first kappa shape index (κ1) is 17.1. The predicted molar refractivity (Wildman–Crippen MR) is 77.6 cm³/mol. The Kier molecular flexibility index (Phi) is 8.62. The molecule has 1 aromatic rings. The van der Waals surface area contributed by atoms with Crippen LogP contribution in [0.2, 0.25) is 0 Å². The highest BCUT2D eigenvalue weighted by molar-refractivity contribution is 8.00. The number of likely N-dealkylation sites (N-methyl/N-ethyl adjacent to an activating group) is 2. The number of hydrogen-bond donors (Lipinski definition) is 2.